The Morgan fingerprint density at radius 2 is 1.76 bits per heavy atom. The van der Waals surface area contributed by atoms with Gasteiger partial charge in [-0.3, -0.25) is 4.79 Å². The maximum Gasteiger partial charge on any atom is 0.163 e. The summed E-state index contributed by atoms with van der Waals surface area (Å²) in [7, 11) is 0. The number of halogens is 2. The molecule has 1 unspecified atom stereocenters. The van der Waals surface area contributed by atoms with Gasteiger partial charge in [0, 0.05) is 28.3 Å². The topological polar surface area (TPSA) is 55.1 Å². The molecule has 0 amide bonds. The van der Waals surface area contributed by atoms with Crippen LogP contribution in [-0.4, -0.2) is 27.3 Å². The average Bonchev–Trinajstić information content (AvgIpc) is 3.48. The van der Waals surface area contributed by atoms with E-state index in [0.29, 0.717) is 22.0 Å². The molecule has 1 aliphatic carbocycles. The van der Waals surface area contributed by atoms with Crippen LogP contribution in [0.3, 0.4) is 0 Å². The Morgan fingerprint density at radius 3 is 2.54 bits per heavy atom. The Hall–Kier alpha value is -3.80. The highest BCUT2D eigenvalue weighted by molar-refractivity contribution is 6.33. The molecule has 0 bridgehead atoms. The summed E-state index contributed by atoms with van der Waals surface area (Å²) in [5.41, 5.74) is 5.06. The van der Waals surface area contributed by atoms with Gasteiger partial charge in [0.25, 0.3) is 0 Å². The van der Waals surface area contributed by atoms with Gasteiger partial charge in [0.05, 0.1) is 22.8 Å². The lowest BCUT2D eigenvalue weighted by Crippen LogP contribution is -2.31. The molecule has 6 rings (SSSR count). The lowest BCUT2D eigenvalue weighted by molar-refractivity contribution is 0.0906. The van der Waals surface area contributed by atoms with Gasteiger partial charge in [0.15, 0.2) is 5.78 Å². The van der Waals surface area contributed by atoms with Crippen LogP contribution < -0.4 is 0 Å². The highest BCUT2D eigenvalue weighted by Crippen LogP contribution is 2.42. The predicted octanol–water partition coefficient (Wildman–Crippen LogP) is 6.93. The Morgan fingerprint density at radius 1 is 1.00 bits per heavy atom. The molecule has 1 atom stereocenters. The van der Waals surface area contributed by atoms with Gasteiger partial charge in [-0.25, -0.2) is 9.07 Å². The van der Waals surface area contributed by atoms with Gasteiger partial charge in [-0.05, 0) is 66.4 Å². The second-order valence-electron chi connectivity index (χ2n) is 9.64. The van der Waals surface area contributed by atoms with Crippen LogP contribution in [0.25, 0.3) is 27.8 Å². The van der Waals surface area contributed by atoms with Crippen molar-refractivity contribution in [3.05, 3.63) is 119 Å². The normalized spacial score (nSPS) is 16.7. The minimum Gasteiger partial charge on any atom is -0.395 e. The minimum atomic E-state index is -0.581. The van der Waals surface area contributed by atoms with Gasteiger partial charge in [0.1, 0.15) is 11.5 Å². The second kappa shape index (κ2) is 9.25. The number of aromatic nitrogens is 2. The summed E-state index contributed by atoms with van der Waals surface area (Å²) in [5.74, 6) is -0.382. The third kappa shape index (κ3) is 4.05. The van der Waals surface area contributed by atoms with Crippen molar-refractivity contribution >= 4 is 28.3 Å². The molecule has 0 fully saturated rings. The van der Waals surface area contributed by atoms with Crippen molar-refractivity contribution in [2.24, 2.45) is 0 Å². The van der Waals surface area contributed by atoms with Crippen LogP contribution in [0, 0.1) is 5.82 Å². The summed E-state index contributed by atoms with van der Waals surface area (Å²) >= 11 is 6.51. The van der Waals surface area contributed by atoms with E-state index >= 15 is 0 Å². The summed E-state index contributed by atoms with van der Waals surface area (Å²) in [6.07, 6.45) is 1.80. The van der Waals surface area contributed by atoms with E-state index in [2.05, 4.69) is 6.07 Å². The number of Topliss-reactive ketones (excluding diaryl/α,β-unsaturated/α-hetero) is 1. The van der Waals surface area contributed by atoms with E-state index in [0.717, 1.165) is 34.9 Å². The van der Waals surface area contributed by atoms with Crippen molar-refractivity contribution < 1.29 is 14.3 Å². The van der Waals surface area contributed by atoms with Gasteiger partial charge in [-0.2, -0.15) is 5.10 Å². The number of nitrogens with zero attached hydrogens (tertiary/aromatic N) is 2. The minimum absolute atomic E-state index is 0.0428. The summed E-state index contributed by atoms with van der Waals surface area (Å²) in [4.78, 5) is 13.6. The molecule has 0 saturated heterocycles. The number of aryl methyl sites for hydroxylation is 1. The Kier molecular flexibility index (Phi) is 5.90. The molecule has 0 saturated carbocycles. The SMILES string of the molecule is O=C(CC1(CO)CCc2ccccc21)c1ccc2c(-c3ccccc3Cl)nn(-c3ccc(F)cc3)c2c1. The molecule has 4 aromatic carbocycles. The van der Waals surface area contributed by atoms with Gasteiger partial charge in [0.2, 0.25) is 0 Å². The van der Waals surface area contributed by atoms with Crippen LogP contribution in [0.15, 0.2) is 91.0 Å². The number of carbonyl (C=O) groups excluding carboxylic acids is 1. The maximum atomic E-state index is 13.7. The smallest absolute Gasteiger partial charge is 0.163 e. The van der Waals surface area contributed by atoms with E-state index in [1.165, 1.54) is 17.7 Å². The molecule has 1 N–H and O–H groups in total. The maximum absolute atomic E-state index is 13.7. The number of fused-ring (bicyclic) bond motifs is 2. The molecule has 1 aromatic heterocycles. The van der Waals surface area contributed by atoms with Crippen LogP contribution in [-0.2, 0) is 11.8 Å². The van der Waals surface area contributed by atoms with E-state index in [1.807, 2.05) is 60.7 Å². The van der Waals surface area contributed by atoms with E-state index in [4.69, 9.17) is 16.7 Å². The van der Waals surface area contributed by atoms with E-state index < -0.39 is 5.41 Å². The summed E-state index contributed by atoms with van der Waals surface area (Å²) in [5, 5.41) is 16.6. The first-order chi connectivity index (χ1) is 18.0. The molecule has 5 aromatic rings. The van der Waals surface area contributed by atoms with Gasteiger partial charge < -0.3 is 5.11 Å². The van der Waals surface area contributed by atoms with Crippen LogP contribution >= 0.6 is 11.6 Å². The highest BCUT2D eigenvalue weighted by atomic mass is 35.5. The zero-order valence-corrected chi connectivity index (χ0v) is 20.8. The standard InChI is InChI=1S/C31H24ClFN2O2/c32-27-8-4-2-6-24(27)30-25-14-9-21(17-28(25)35(34-30)23-12-10-22(33)11-13-23)29(37)18-31(19-36)16-15-20-5-1-3-7-26(20)31/h1-14,17,36H,15-16,18-19H2. The number of carbonyl (C=O) groups is 1. The second-order valence-corrected chi connectivity index (χ2v) is 10.1. The van der Waals surface area contributed by atoms with Crippen LogP contribution in [0.5, 0.6) is 0 Å². The first-order valence-corrected chi connectivity index (χ1v) is 12.6. The van der Waals surface area contributed by atoms with Crippen molar-refractivity contribution in [1.82, 2.24) is 9.78 Å². The zero-order chi connectivity index (χ0) is 25.6. The van der Waals surface area contributed by atoms with Gasteiger partial charge in [-0.1, -0.05) is 60.1 Å². The van der Waals surface area contributed by atoms with Crippen LogP contribution in [0.1, 0.15) is 34.3 Å². The molecular formula is C31H24ClFN2O2. The van der Waals surface area contributed by atoms with Crippen molar-refractivity contribution in [2.75, 3.05) is 6.61 Å². The van der Waals surface area contributed by atoms with Crippen molar-refractivity contribution in [3.63, 3.8) is 0 Å². The summed E-state index contributed by atoms with van der Waals surface area (Å²) in [6, 6.07) is 27.1. The Bertz CT molecular complexity index is 1640. The third-order valence-corrected chi connectivity index (χ3v) is 7.80. The van der Waals surface area contributed by atoms with E-state index in [1.54, 1.807) is 16.8 Å². The number of benzene rings is 4. The fourth-order valence-corrected chi connectivity index (χ4v) is 5.72. The molecule has 184 valence electrons. The average molecular weight is 511 g/mol. The lowest BCUT2D eigenvalue weighted by atomic mass is 9.77. The van der Waals surface area contributed by atoms with Crippen molar-refractivity contribution in [1.29, 1.82) is 0 Å². The summed E-state index contributed by atoms with van der Waals surface area (Å²) < 4.78 is 15.4. The molecule has 1 aliphatic rings. The lowest BCUT2D eigenvalue weighted by Gasteiger charge is -2.27. The number of hydrogen-bond acceptors (Lipinski definition) is 3. The number of aliphatic hydroxyl groups excluding tert-OH is 1. The molecule has 1 heterocycles. The number of ketones is 1. The van der Waals surface area contributed by atoms with Crippen molar-refractivity contribution in [3.8, 4) is 16.9 Å². The van der Waals surface area contributed by atoms with Crippen LogP contribution in [0.2, 0.25) is 5.02 Å². The fraction of sp³-hybridized carbons (Fsp3) is 0.161. The van der Waals surface area contributed by atoms with Crippen molar-refractivity contribution in [2.45, 2.75) is 24.7 Å². The molecule has 0 radical (unpaired) electrons. The monoisotopic (exact) mass is 510 g/mol. The van der Waals surface area contributed by atoms with Gasteiger partial charge in [-0.15, -0.1) is 0 Å². The quantitative estimate of drug-likeness (QED) is 0.252. The number of hydrogen-bond donors (Lipinski definition) is 1. The molecule has 0 spiro atoms. The Balaban J connectivity index is 1.46. The molecule has 4 nitrogen and oxygen atoms in total. The molecular weight excluding hydrogens is 487 g/mol. The number of aliphatic hydroxyl groups is 1. The molecule has 0 aliphatic heterocycles. The number of rotatable bonds is 6. The highest BCUT2D eigenvalue weighted by Gasteiger charge is 2.40. The molecule has 37 heavy (non-hydrogen) atoms. The van der Waals surface area contributed by atoms with E-state index in [9.17, 15) is 14.3 Å². The third-order valence-electron chi connectivity index (χ3n) is 7.47. The van der Waals surface area contributed by atoms with Gasteiger partial charge >= 0.3 is 0 Å². The summed E-state index contributed by atoms with van der Waals surface area (Å²) in [6.45, 7) is -0.0812. The van der Waals surface area contributed by atoms with Crippen LogP contribution in [0.4, 0.5) is 4.39 Å². The largest absolute Gasteiger partial charge is 0.395 e. The van der Waals surface area contributed by atoms with E-state index in [-0.39, 0.29) is 24.6 Å². The predicted molar refractivity (Wildman–Crippen MR) is 144 cm³/mol. The zero-order valence-electron chi connectivity index (χ0n) is 20.0. The molecule has 6 heteroatoms. The fourth-order valence-electron chi connectivity index (χ4n) is 5.50. The Labute approximate surface area is 218 Å². The first-order valence-electron chi connectivity index (χ1n) is 12.3. The first kappa shape index (κ1) is 23.6.